The fourth-order valence-electron chi connectivity index (χ4n) is 3.22. The van der Waals surface area contributed by atoms with Crippen molar-refractivity contribution < 1.29 is 38.3 Å². The standard InChI is InChI=1S/C14H24N2O6/c1-19-13(17)11(15-3-7-21-8-4-15)12(14(18)20-2)16-5-9-22-10-6-16/h11-12H,3-10H2,1-2H3/p+2/t11-,12+. The summed E-state index contributed by atoms with van der Waals surface area (Å²) in [6.07, 6.45) is 0. The van der Waals surface area contributed by atoms with Gasteiger partial charge in [0.05, 0.1) is 40.6 Å². The Morgan fingerprint density at radius 3 is 1.36 bits per heavy atom. The summed E-state index contributed by atoms with van der Waals surface area (Å²) < 4.78 is 20.7. The molecule has 0 amide bonds. The third-order valence-electron chi connectivity index (χ3n) is 4.39. The third-order valence-corrected chi connectivity index (χ3v) is 4.39. The van der Waals surface area contributed by atoms with Gasteiger partial charge in [0.1, 0.15) is 26.2 Å². The largest absolute Gasteiger partial charge is 0.464 e. The molecule has 0 unspecified atom stereocenters. The van der Waals surface area contributed by atoms with Gasteiger partial charge in [-0.1, -0.05) is 0 Å². The molecule has 0 spiro atoms. The van der Waals surface area contributed by atoms with Crippen LogP contribution in [0.1, 0.15) is 0 Å². The van der Waals surface area contributed by atoms with E-state index in [4.69, 9.17) is 18.9 Å². The summed E-state index contributed by atoms with van der Waals surface area (Å²) in [7, 11) is 2.72. The molecular weight excluding hydrogens is 292 g/mol. The zero-order valence-electron chi connectivity index (χ0n) is 13.3. The highest BCUT2D eigenvalue weighted by molar-refractivity contribution is 5.85. The second kappa shape index (κ2) is 8.42. The fourth-order valence-corrected chi connectivity index (χ4v) is 3.22. The highest BCUT2D eigenvalue weighted by atomic mass is 16.5. The van der Waals surface area contributed by atoms with Crippen molar-refractivity contribution in [2.24, 2.45) is 0 Å². The first-order valence-corrected chi connectivity index (χ1v) is 7.69. The quantitative estimate of drug-likeness (QED) is 0.502. The molecule has 2 saturated heterocycles. The molecule has 2 fully saturated rings. The highest BCUT2D eigenvalue weighted by Crippen LogP contribution is 1.97. The molecule has 0 saturated carbocycles. The normalized spacial score (nSPS) is 23.5. The van der Waals surface area contributed by atoms with Gasteiger partial charge in [0.15, 0.2) is 0 Å². The predicted molar refractivity (Wildman–Crippen MR) is 74.6 cm³/mol. The molecule has 2 aliphatic heterocycles. The van der Waals surface area contributed by atoms with Crippen LogP contribution in [0.15, 0.2) is 0 Å². The summed E-state index contributed by atoms with van der Waals surface area (Å²) in [6.45, 7) is 5.02. The minimum Gasteiger partial charge on any atom is -0.464 e. The molecule has 2 aliphatic rings. The van der Waals surface area contributed by atoms with E-state index in [0.29, 0.717) is 52.6 Å². The smallest absolute Gasteiger partial charge is 0.371 e. The molecule has 0 aliphatic carbocycles. The van der Waals surface area contributed by atoms with Crippen LogP contribution in [-0.2, 0) is 28.5 Å². The van der Waals surface area contributed by atoms with Gasteiger partial charge in [-0.2, -0.15) is 0 Å². The van der Waals surface area contributed by atoms with E-state index in [1.54, 1.807) is 0 Å². The lowest BCUT2D eigenvalue weighted by atomic mass is 10.0. The minimum absolute atomic E-state index is 0.369. The van der Waals surface area contributed by atoms with E-state index in [-0.39, 0.29) is 11.9 Å². The summed E-state index contributed by atoms with van der Waals surface area (Å²) in [5, 5.41) is 0. The van der Waals surface area contributed by atoms with E-state index in [2.05, 4.69) is 0 Å². The van der Waals surface area contributed by atoms with Crippen LogP contribution < -0.4 is 9.80 Å². The number of hydrogen-bond acceptors (Lipinski definition) is 6. The Hall–Kier alpha value is -1.22. The molecule has 8 nitrogen and oxygen atoms in total. The lowest BCUT2D eigenvalue weighted by Crippen LogP contribution is -3.29. The van der Waals surface area contributed by atoms with Gasteiger partial charge in [0.25, 0.3) is 0 Å². The van der Waals surface area contributed by atoms with Crippen molar-refractivity contribution in [1.29, 1.82) is 0 Å². The maximum Gasteiger partial charge on any atom is 0.371 e. The summed E-state index contributed by atoms with van der Waals surface area (Å²) in [6, 6.07) is -1.15. The van der Waals surface area contributed by atoms with Crippen LogP contribution in [-0.4, -0.2) is 90.8 Å². The van der Waals surface area contributed by atoms with Gasteiger partial charge in [0.2, 0.25) is 12.1 Å². The van der Waals surface area contributed by atoms with Gasteiger partial charge in [-0.3, -0.25) is 0 Å². The van der Waals surface area contributed by atoms with E-state index in [1.807, 2.05) is 0 Å². The zero-order chi connectivity index (χ0) is 15.9. The first kappa shape index (κ1) is 17.1. The number of carbonyl (C=O) groups is 2. The number of ether oxygens (including phenoxy) is 4. The summed E-state index contributed by atoms with van der Waals surface area (Å²) in [4.78, 5) is 26.8. The molecule has 0 aromatic carbocycles. The average Bonchev–Trinajstić information content (AvgIpc) is 2.59. The lowest BCUT2D eigenvalue weighted by molar-refractivity contribution is -0.988. The Kier molecular flexibility index (Phi) is 6.56. The van der Waals surface area contributed by atoms with Crippen molar-refractivity contribution in [3.63, 3.8) is 0 Å². The Bertz CT molecular complexity index is 344. The monoisotopic (exact) mass is 318 g/mol. The molecule has 0 aromatic rings. The predicted octanol–water partition coefficient (Wildman–Crippen LogP) is -4.10. The molecule has 126 valence electrons. The number of hydrogen-bond donors (Lipinski definition) is 2. The molecule has 2 atom stereocenters. The van der Waals surface area contributed by atoms with Crippen molar-refractivity contribution in [3.8, 4) is 0 Å². The number of carbonyl (C=O) groups excluding carboxylic acids is 2. The van der Waals surface area contributed by atoms with Crippen LogP contribution in [0, 0.1) is 0 Å². The zero-order valence-corrected chi connectivity index (χ0v) is 13.3. The number of methoxy groups -OCH3 is 2. The fraction of sp³-hybridized carbons (Fsp3) is 0.857. The topological polar surface area (TPSA) is 79.9 Å². The van der Waals surface area contributed by atoms with Gasteiger partial charge in [-0.15, -0.1) is 0 Å². The number of nitrogens with one attached hydrogen (secondary N) is 2. The first-order chi connectivity index (χ1) is 10.7. The molecule has 2 N–H and O–H groups in total. The van der Waals surface area contributed by atoms with Crippen LogP contribution in [0.2, 0.25) is 0 Å². The Balaban J connectivity index is 2.24. The van der Waals surface area contributed by atoms with Crippen molar-refractivity contribution in [2.45, 2.75) is 12.1 Å². The van der Waals surface area contributed by atoms with E-state index >= 15 is 0 Å². The lowest BCUT2D eigenvalue weighted by Gasteiger charge is -2.37. The summed E-state index contributed by atoms with van der Waals surface area (Å²) in [5.41, 5.74) is 0. The average molecular weight is 318 g/mol. The Labute approximate surface area is 130 Å². The van der Waals surface area contributed by atoms with Crippen molar-refractivity contribution in [2.75, 3.05) is 66.8 Å². The molecule has 0 radical (unpaired) electrons. The van der Waals surface area contributed by atoms with E-state index in [9.17, 15) is 9.59 Å². The Morgan fingerprint density at radius 2 is 1.09 bits per heavy atom. The number of rotatable bonds is 5. The molecule has 0 bridgehead atoms. The van der Waals surface area contributed by atoms with E-state index in [1.165, 1.54) is 14.2 Å². The maximum atomic E-state index is 12.4. The van der Waals surface area contributed by atoms with Gasteiger partial charge in [0, 0.05) is 0 Å². The molecule has 0 aromatic heterocycles. The van der Waals surface area contributed by atoms with Crippen molar-refractivity contribution >= 4 is 11.9 Å². The Morgan fingerprint density at radius 1 is 0.773 bits per heavy atom. The minimum atomic E-state index is -0.575. The van der Waals surface area contributed by atoms with Crippen LogP contribution >= 0.6 is 0 Å². The highest BCUT2D eigenvalue weighted by Gasteiger charge is 2.50. The SMILES string of the molecule is COC(=O)[C@H]([C@H](C(=O)OC)[NH+]1CCOCC1)[NH+]1CCOCC1. The molecular formula is C14H26N2O6+2. The summed E-state index contributed by atoms with van der Waals surface area (Å²) >= 11 is 0. The van der Waals surface area contributed by atoms with Gasteiger partial charge in [-0.25, -0.2) is 9.59 Å². The summed E-state index contributed by atoms with van der Waals surface area (Å²) in [5.74, 6) is -0.738. The number of quaternary nitrogens is 2. The molecule has 8 heteroatoms. The van der Waals surface area contributed by atoms with Crippen LogP contribution in [0.4, 0.5) is 0 Å². The second-order valence-electron chi connectivity index (χ2n) is 5.54. The van der Waals surface area contributed by atoms with Crippen LogP contribution in [0.25, 0.3) is 0 Å². The van der Waals surface area contributed by atoms with Crippen LogP contribution in [0.3, 0.4) is 0 Å². The van der Waals surface area contributed by atoms with Crippen LogP contribution in [0.5, 0.6) is 0 Å². The maximum absolute atomic E-state index is 12.4. The third kappa shape index (κ3) is 3.95. The van der Waals surface area contributed by atoms with Gasteiger partial charge in [-0.05, 0) is 0 Å². The van der Waals surface area contributed by atoms with E-state index < -0.39 is 12.1 Å². The number of esters is 2. The van der Waals surface area contributed by atoms with Gasteiger partial charge >= 0.3 is 11.9 Å². The second-order valence-corrected chi connectivity index (χ2v) is 5.54. The molecule has 2 rings (SSSR count). The van der Waals surface area contributed by atoms with E-state index in [0.717, 1.165) is 9.80 Å². The molecule has 2 heterocycles. The van der Waals surface area contributed by atoms with Gasteiger partial charge < -0.3 is 28.7 Å². The molecule has 22 heavy (non-hydrogen) atoms. The number of morpholine rings is 2. The first-order valence-electron chi connectivity index (χ1n) is 7.69. The van der Waals surface area contributed by atoms with Crippen molar-refractivity contribution in [1.82, 2.24) is 0 Å². The van der Waals surface area contributed by atoms with Crippen molar-refractivity contribution in [3.05, 3.63) is 0 Å².